The molecule has 0 radical (unpaired) electrons. The Bertz CT molecular complexity index is 1330. The Morgan fingerprint density at radius 3 is 2.62 bits per heavy atom. The summed E-state index contributed by atoms with van der Waals surface area (Å²) in [6.45, 7) is 0.542. The van der Waals surface area contributed by atoms with Crippen LogP contribution < -0.4 is 15.7 Å². The molecule has 4 rings (SSSR count). The van der Waals surface area contributed by atoms with Crippen LogP contribution in [0.1, 0.15) is 27.3 Å². The first-order chi connectivity index (χ1) is 16.2. The highest BCUT2D eigenvalue weighted by Gasteiger charge is 2.42. The molecule has 0 aliphatic heterocycles. The van der Waals surface area contributed by atoms with E-state index < -0.39 is 23.6 Å². The summed E-state index contributed by atoms with van der Waals surface area (Å²) >= 11 is 0. The zero-order valence-electron chi connectivity index (χ0n) is 18.1. The Hall–Kier alpha value is -3.99. The van der Waals surface area contributed by atoms with E-state index in [9.17, 15) is 22.4 Å². The first-order valence-electron chi connectivity index (χ1n) is 10.2. The van der Waals surface area contributed by atoms with Gasteiger partial charge in [-0.3, -0.25) is 4.79 Å². The molecule has 0 fully saturated rings. The molecule has 2 aromatic carbocycles. The molecule has 34 heavy (non-hydrogen) atoms. The van der Waals surface area contributed by atoms with Crippen LogP contribution in [0.25, 0.3) is 5.69 Å². The average molecular weight is 473 g/mol. The van der Waals surface area contributed by atoms with Crippen LogP contribution in [0.4, 0.5) is 23.2 Å². The van der Waals surface area contributed by atoms with Gasteiger partial charge in [-0.15, -0.1) is 4.68 Å². The minimum atomic E-state index is -4.71. The summed E-state index contributed by atoms with van der Waals surface area (Å²) in [5.41, 5.74) is 5.81. The number of aromatic nitrogens is 4. The lowest BCUT2D eigenvalue weighted by molar-refractivity contribution is -0.685. The Kier molecular flexibility index (Phi) is 6.20. The van der Waals surface area contributed by atoms with Gasteiger partial charge in [0.25, 0.3) is 0 Å². The number of carbonyl (C=O) groups excluding carboxylic acids is 1. The van der Waals surface area contributed by atoms with Crippen LogP contribution in [0.2, 0.25) is 0 Å². The third kappa shape index (κ3) is 4.69. The van der Waals surface area contributed by atoms with Gasteiger partial charge in [-0.1, -0.05) is 22.9 Å². The van der Waals surface area contributed by atoms with Crippen molar-refractivity contribution in [1.82, 2.24) is 14.2 Å². The number of carbonyl (C=O) groups is 1. The van der Waals surface area contributed by atoms with Gasteiger partial charge >= 0.3 is 17.8 Å². The fraction of sp³-hybridized carbons (Fsp3) is 0.174. The van der Waals surface area contributed by atoms with Gasteiger partial charge in [0, 0.05) is 37.6 Å². The van der Waals surface area contributed by atoms with Crippen molar-refractivity contribution in [1.29, 1.82) is 0 Å². The molecule has 2 aromatic heterocycles. The van der Waals surface area contributed by atoms with Gasteiger partial charge in [0.1, 0.15) is 5.82 Å². The molecule has 0 aliphatic rings. The SMILES string of the molecule is Cn1c(C(F)(F)F)cc(C(=O)Nc2cc(Cn3ccnc3)ccc2F)[n+]1-c1cccc(CN)c1. The van der Waals surface area contributed by atoms with Crippen molar-refractivity contribution in [2.45, 2.75) is 19.3 Å². The van der Waals surface area contributed by atoms with Gasteiger partial charge in [0.05, 0.1) is 25.1 Å². The number of nitrogens with one attached hydrogen (secondary N) is 1. The van der Waals surface area contributed by atoms with E-state index in [-0.39, 0.29) is 17.9 Å². The largest absolute Gasteiger partial charge is 0.437 e. The highest BCUT2D eigenvalue weighted by atomic mass is 19.4. The van der Waals surface area contributed by atoms with Crippen molar-refractivity contribution < 1.29 is 27.0 Å². The van der Waals surface area contributed by atoms with Crippen molar-refractivity contribution in [2.75, 3.05) is 5.32 Å². The predicted octanol–water partition coefficient (Wildman–Crippen LogP) is 3.42. The third-order valence-electron chi connectivity index (χ3n) is 5.27. The van der Waals surface area contributed by atoms with Crippen molar-refractivity contribution in [3.05, 3.63) is 95.6 Å². The minimum Gasteiger partial charge on any atom is -0.333 e. The molecule has 7 nitrogen and oxygen atoms in total. The molecule has 176 valence electrons. The Labute approximate surface area is 192 Å². The van der Waals surface area contributed by atoms with E-state index in [1.54, 1.807) is 53.6 Å². The summed E-state index contributed by atoms with van der Waals surface area (Å²) in [5.74, 6) is -1.62. The van der Waals surface area contributed by atoms with Gasteiger partial charge in [0.15, 0.2) is 5.69 Å². The molecule has 0 bridgehead atoms. The van der Waals surface area contributed by atoms with Crippen molar-refractivity contribution in [2.24, 2.45) is 12.8 Å². The van der Waals surface area contributed by atoms with Crippen molar-refractivity contribution in [3.8, 4) is 5.69 Å². The van der Waals surface area contributed by atoms with E-state index in [0.29, 0.717) is 23.4 Å². The van der Waals surface area contributed by atoms with Crippen LogP contribution in [0, 0.1) is 5.82 Å². The van der Waals surface area contributed by atoms with E-state index in [4.69, 9.17) is 5.73 Å². The number of imidazole rings is 1. The maximum atomic E-state index is 14.5. The first-order valence-corrected chi connectivity index (χ1v) is 10.2. The molecule has 0 aliphatic carbocycles. The Morgan fingerprint density at radius 1 is 1.15 bits per heavy atom. The topological polar surface area (TPSA) is 81.8 Å². The van der Waals surface area contributed by atoms with Gasteiger partial charge in [0.2, 0.25) is 5.69 Å². The number of nitrogens with zero attached hydrogens (tertiary/aromatic N) is 4. The second-order valence-corrected chi connectivity index (χ2v) is 7.63. The predicted molar refractivity (Wildman–Crippen MR) is 116 cm³/mol. The number of benzene rings is 2. The number of halogens is 4. The number of anilines is 1. The summed E-state index contributed by atoms with van der Waals surface area (Å²) in [7, 11) is 1.20. The third-order valence-corrected chi connectivity index (χ3v) is 5.27. The smallest absolute Gasteiger partial charge is 0.333 e. The molecule has 0 saturated carbocycles. The van der Waals surface area contributed by atoms with E-state index in [2.05, 4.69) is 10.3 Å². The second kappa shape index (κ2) is 9.10. The normalized spacial score (nSPS) is 11.6. The molecule has 0 spiro atoms. The van der Waals surface area contributed by atoms with Gasteiger partial charge in [-0.25, -0.2) is 9.37 Å². The average Bonchev–Trinajstić information content (AvgIpc) is 3.43. The summed E-state index contributed by atoms with van der Waals surface area (Å²) < 4.78 is 59.1. The molecule has 1 amide bonds. The number of nitrogens with two attached hydrogens (primary N) is 1. The number of rotatable bonds is 6. The zero-order chi connectivity index (χ0) is 24.5. The van der Waals surface area contributed by atoms with Gasteiger partial charge in [-0.2, -0.15) is 13.2 Å². The molecule has 0 atom stereocenters. The van der Waals surface area contributed by atoms with E-state index in [1.165, 1.54) is 19.2 Å². The van der Waals surface area contributed by atoms with Crippen LogP contribution in [0.3, 0.4) is 0 Å². The van der Waals surface area contributed by atoms with Crippen molar-refractivity contribution >= 4 is 11.6 Å². The lowest BCUT2D eigenvalue weighted by Crippen LogP contribution is -2.46. The molecule has 4 aromatic rings. The summed E-state index contributed by atoms with van der Waals surface area (Å²) in [4.78, 5) is 17.1. The van der Waals surface area contributed by atoms with Crippen LogP contribution >= 0.6 is 0 Å². The first kappa shape index (κ1) is 23.2. The van der Waals surface area contributed by atoms with Crippen LogP contribution in [-0.4, -0.2) is 20.1 Å². The summed E-state index contributed by atoms with van der Waals surface area (Å²) in [6.07, 6.45) is 0.194. The zero-order valence-corrected chi connectivity index (χ0v) is 18.1. The monoisotopic (exact) mass is 473 g/mol. The summed E-state index contributed by atoms with van der Waals surface area (Å²) in [6, 6.07) is 11.4. The van der Waals surface area contributed by atoms with E-state index >= 15 is 0 Å². The van der Waals surface area contributed by atoms with Gasteiger partial charge < -0.3 is 15.6 Å². The Morgan fingerprint density at radius 2 is 1.94 bits per heavy atom. The van der Waals surface area contributed by atoms with Crippen molar-refractivity contribution in [3.63, 3.8) is 0 Å². The number of amides is 1. The van der Waals surface area contributed by atoms with Crippen LogP contribution in [0.5, 0.6) is 0 Å². The Balaban J connectivity index is 1.73. The minimum absolute atomic E-state index is 0.151. The van der Waals surface area contributed by atoms with Crippen LogP contribution in [-0.2, 0) is 26.3 Å². The highest BCUT2D eigenvalue weighted by molar-refractivity contribution is 6.02. The number of hydrogen-bond donors (Lipinski definition) is 2. The van der Waals surface area contributed by atoms with Crippen LogP contribution in [0.15, 0.2) is 67.3 Å². The molecule has 0 unspecified atom stereocenters. The fourth-order valence-electron chi connectivity index (χ4n) is 3.65. The second-order valence-electron chi connectivity index (χ2n) is 7.63. The maximum Gasteiger partial charge on any atom is 0.437 e. The molecule has 3 N–H and O–H groups in total. The lowest BCUT2D eigenvalue weighted by atomic mass is 10.1. The lowest BCUT2D eigenvalue weighted by Gasteiger charge is -2.09. The number of hydrogen-bond acceptors (Lipinski definition) is 3. The molecular weight excluding hydrogens is 452 g/mol. The van der Waals surface area contributed by atoms with E-state index in [0.717, 1.165) is 15.4 Å². The quantitative estimate of drug-likeness (QED) is 0.333. The van der Waals surface area contributed by atoms with Gasteiger partial charge in [-0.05, 0) is 23.3 Å². The fourth-order valence-corrected chi connectivity index (χ4v) is 3.65. The molecule has 11 heteroatoms. The molecule has 0 saturated heterocycles. The molecule has 2 heterocycles. The number of alkyl halides is 3. The summed E-state index contributed by atoms with van der Waals surface area (Å²) in [5, 5.41) is 2.41. The maximum absolute atomic E-state index is 14.5. The molecular formula is C23H21F4N6O+. The van der Waals surface area contributed by atoms with E-state index in [1.807, 2.05) is 0 Å². The highest BCUT2D eigenvalue weighted by Crippen LogP contribution is 2.29. The standard InChI is InChI=1S/C23H20F4N6O/c1-31-21(23(25,26)27)11-20(33(31)17-4-2-3-15(9-17)12-28)22(34)30-19-10-16(5-6-18(19)24)13-32-8-7-29-14-32/h2-11,14H,12-13,28H2,1H3/p+1.